The molecule has 4 N–H and O–H groups in total. The number of hydrogen-bond acceptors (Lipinski definition) is 9. The minimum Gasteiger partial charge on any atom is -0.447 e. The molecule has 0 aromatic carbocycles. The Bertz CT molecular complexity index is 764. The number of nitrogens with one attached hydrogen (secondary N) is 4. The standard InChI is InChI=1S/C19H36N4O7.C5H5NO2/c1-4-8-16(24)22-10-11-23-17(25)9-7-12-28-15(13-29-18(26)20-5-2)14-30-19(27)21-6-3;1-6-4(7)2-3-5(6)8/h15H,4-14H2,1-3H3,(H,20,26)(H,21,27)(H,22,24)(H,23,25);2-3H,1H3. The number of rotatable bonds is 16. The fourth-order valence-electron chi connectivity index (χ4n) is 2.64. The van der Waals surface area contributed by atoms with Gasteiger partial charge in [-0.3, -0.25) is 24.1 Å². The van der Waals surface area contributed by atoms with Crippen molar-refractivity contribution in [1.29, 1.82) is 0 Å². The molecule has 0 saturated heterocycles. The molecule has 0 bridgehead atoms. The van der Waals surface area contributed by atoms with Gasteiger partial charge in [-0.1, -0.05) is 6.92 Å². The predicted octanol–water partition coefficient (Wildman–Crippen LogP) is 0.218. The van der Waals surface area contributed by atoms with E-state index in [1.807, 2.05) is 6.92 Å². The summed E-state index contributed by atoms with van der Waals surface area (Å²) in [4.78, 5) is 67.8. The van der Waals surface area contributed by atoms with Crippen molar-refractivity contribution in [3.8, 4) is 0 Å². The lowest BCUT2D eigenvalue weighted by atomic mass is 10.3. The van der Waals surface area contributed by atoms with E-state index in [0.29, 0.717) is 39.0 Å². The number of ether oxygens (including phenoxy) is 3. The molecule has 1 heterocycles. The number of carbonyl (C=O) groups excluding carboxylic acids is 6. The molecule has 14 heteroatoms. The van der Waals surface area contributed by atoms with Crippen LogP contribution >= 0.6 is 0 Å². The number of carbonyl (C=O) groups is 6. The lowest BCUT2D eigenvalue weighted by Crippen LogP contribution is -2.35. The second-order valence-electron chi connectivity index (χ2n) is 7.87. The molecule has 38 heavy (non-hydrogen) atoms. The second-order valence-corrected chi connectivity index (χ2v) is 7.87. The highest BCUT2D eigenvalue weighted by atomic mass is 16.6. The van der Waals surface area contributed by atoms with Crippen LogP contribution in [0.1, 0.15) is 46.5 Å². The molecule has 0 saturated carbocycles. The van der Waals surface area contributed by atoms with Crippen LogP contribution in [-0.2, 0) is 33.4 Å². The zero-order chi connectivity index (χ0) is 28.8. The summed E-state index contributed by atoms with van der Waals surface area (Å²) in [5.74, 6) is -0.669. The molecule has 0 atom stereocenters. The summed E-state index contributed by atoms with van der Waals surface area (Å²) in [5, 5.41) is 10.4. The zero-order valence-electron chi connectivity index (χ0n) is 22.6. The van der Waals surface area contributed by atoms with Gasteiger partial charge < -0.3 is 35.5 Å². The zero-order valence-corrected chi connectivity index (χ0v) is 22.6. The number of imide groups is 1. The van der Waals surface area contributed by atoms with E-state index < -0.39 is 18.3 Å². The normalized spacial score (nSPS) is 12.0. The molecule has 6 amide bonds. The maximum absolute atomic E-state index is 11.8. The third-order valence-corrected chi connectivity index (χ3v) is 4.62. The largest absolute Gasteiger partial charge is 0.447 e. The first-order chi connectivity index (χ1) is 18.1. The minimum atomic E-state index is -0.646. The van der Waals surface area contributed by atoms with Gasteiger partial charge in [-0.05, 0) is 26.7 Å². The summed E-state index contributed by atoms with van der Waals surface area (Å²) in [6.45, 7) is 7.10. The number of likely N-dealkylation sites (N-methyl/N-ethyl adjacent to an activating group) is 1. The van der Waals surface area contributed by atoms with E-state index in [1.165, 1.54) is 19.2 Å². The smallest absolute Gasteiger partial charge is 0.407 e. The van der Waals surface area contributed by atoms with E-state index >= 15 is 0 Å². The van der Waals surface area contributed by atoms with E-state index in [1.54, 1.807) is 13.8 Å². The molecule has 0 spiro atoms. The fourth-order valence-corrected chi connectivity index (χ4v) is 2.64. The Balaban J connectivity index is 0.00000144. The first-order valence-electron chi connectivity index (χ1n) is 12.6. The summed E-state index contributed by atoms with van der Waals surface area (Å²) in [6.07, 6.45) is 2.61. The quantitative estimate of drug-likeness (QED) is 0.156. The molecule has 0 radical (unpaired) electrons. The Morgan fingerprint density at radius 3 is 1.66 bits per heavy atom. The van der Waals surface area contributed by atoms with Crippen LogP contribution in [0.15, 0.2) is 12.2 Å². The van der Waals surface area contributed by atoms with Gasteiger partial charge in [0.15, 0.2) is 0 Å². The molecule has 0 fully saturated rings. The number of hydrogen-bond donors (Lipinski definition) is 4. The van der Waals surface area contributed by atoms with Crippen molar-refractivity contribution in [2.24, 2.45) is 0 Å². The van der Waals surface area contributed by atoms with Crippen LogP contribution in [0.4, 0.5) is 9.59 Å². The highest BCUT2D eigenvalue weighted by Crippen LogP contribution is 2.00. The van der Waals surface area contributed by atoms with Gasteiger partial charge in [0.2, 0.25) is 11.8 Å². The summed E-state index contributed by atoms with van der Waals surface area (Å²) in [6, 6.07) is 0. The lowest BCUT2D eigenvalue weighted by molar-refractivity contribution is -0.135. The number of alkyl carbamates (subject to hydrolysis) is 2. The summed E-state index contributed by atoms with van der Waals surface area (Å²) >= 11 is 0. The topological polar surface area (TPSA) is 181 Å². The van der Waals surface area contributed by atoms with Crippen LogP contribution in [0.2, 0.25) is 0 Å². The Hall–Kier alpha value is -3.68. The van der Waals surface area contributed by atoms with Crippen molar-refractivity contribution in [2.45, 2.75) is 52.6 Å². The lowest BCUT2D eigenvalue weighted by Gasteiger charge is -2.18. The number of amides is 6. The van der Waals surface area contributed by atoms with Gasteiger partial charge in [0.05, 0.1) is 0 Å². The summed E-state index contributed by atoms with van der Waals surface area (Å²) < 4.78 is 15.6. The molecule has 14 nitrogen and oxygen atoms in total. The summed E-state index contributed by atoms with van der Waals surface area (Å²) in [5.41, 5.74) is 0. The monoisotopic (exact) mass is 543 g/mol. The third-order valence-electron chi connectivity index (χ3n) is 4.62. The molecular weight excluding hydrogens is 502 g/mol. The van der Waals surface area contributed by atoms with Crippen molar-refractivity contribution in [2.75, 3.05) is 53.0 Å². The Kier molecular flexibility index (Phi) is 19.3. The average Bonchev–Trinajstić information content (AvgIpc) is 3.17. The van der Waals surface area contributed by atoms with E-state index in [9.17, 15) is 28.8 Å². The van der Waals surface area contributed by atoms with Crippen LogP contribution in [0, 0.1) is 0 Å². The van der Waals surface area contributed by atoms with Gasteiger partial charge in [0, 0.05) is 64.8 Å². The highest BCUT2D eigenvalue weighted by Gasteiger charge is 2.17. The van der Waals surface area contributed by atoms with Crippen molar-refractivity contribution >= 4 is 35.8 Å². The molecular formula is C24H41N5O9. The Morgan fingerprint density at radius 2 is 1.26 bits per heavy atom. The molecule has 1 rings (SSSR count). The van der Waals surface area contributed by atoms with Gasteiger partial charge in [0.25, 0.3) is 11.8 Å². The molecule has 0 aliphatic carbocycles. The van der Waals surface area contributed by atoms with Crippen molar-refractivity contribution in [3.05, 3.63) is 12.2 Å². The fraction of sp³-hybridized carbons (Fsp3) is 0.667. The Morgan fingerprint density at radius 1 is 0.789 bits per heavy atom. The molecule has 0 unspecified atom stereocenters. The van der Waals surface area contributed by atoms with Gasteiger partial charge >= 0.3 is 12.2 Å². The van der Waals surface area contributed by atoms with Crippen LogP contribution in [0.25, 0.3) is 0 Å². The van der Waals surface area contributed by atoms with Crippen molar-refractivity contribution < 1.29 is 43.0 Å². The van der Waals surface area contributed by atoms with Crippen LogP contribution < -0.4 is 21.3 Å². The van der Waals surface area contributed by atoms with Crippen LogP contribution in [0.5, 0.6) is 0 Å². The number of nitrogens with zero attached hydrogens (tertiary/aromatic N) is 1. The van der Waals surface area contributed by atoms with Crippen molar-refractivity contribution in [3.63, 3.8) is 0 Å². The van der Waals surface area contributed by atoms with Gasteiger partial charge in [-0.15, -0.1) is 0 Å². The first-order valence-corrected chi connectivity index (χ1v) is 12.6. The molecule has 1 aliphatic rings. The molecule has 0 aromatic heterocycles. The summed E-state index contributed by atoms with van der Waals surface area (Å²) in [7, 11) is 1.45. The third kappa shape index (κ3) is 17.7. The van der Waals surface area contributed by atoms with E-state index in [2.05, 4.69) is 21.3 Å². The average molecular weight is 544 g/mol. The Labute approximate surface area is 223 Å². The van der Waals surface area contributed by atoms with E-state index in [4.69, 9.17) is 14.2 Å². The van der Waals surface area contributed by atoms with Gasteiger partial charge in [0.1, 0.15) is 19.3 Å². The minimum absolute atomic E-state index is 0.0316. The van der Waals surface area contributed by atoms with Crippen LogP contribution in [-0.4, -0.2) is 99.9 Å². The highest BCUT2D eigenvalue weighted by molar-refractivity contribution is 6.12. The molecule has 216 valence electrons. The van der Waals surface area contributed by atoms with Gasteiger partial charge in [-0.25, -0.2) is 9.59 Å². The van der Waals surface area contributed by atoms with E-state index in [0.717, 1.165) is 11.3 Å². The van der Waals surface area contributed by atoms with Gasteiger partial charge in [-0.2, -0.15) is 0 Å². The van der Waals surface area contributed by atoms with E-state index in [-0.39, 0.29) is 49.9 Å². The first kappa shape index (κ1) is 34.3. The molecule has 1 aliphatic heterocycles. The second kappa shape index (κ2) is 21.4. The maximum Gasteiger partial charge on any atom is 0.407 e. The maximum atomic E-state index is 11.8. The molecule has 0 aromatic rings. The van der Waals surface area contributed by atoms with Crippen molar-refractivity contribution in [1.82, 2.24) is 26.2 Å². The SMILES string of the molecule is CCCC(=O)NCCNC(=O)CCCOC(COC(=O)NCC)COC(=O)NCC.CN1C(=O)C=CC1=O. The predicted molar refractivity (Wildman–Crippen MR) is 137 cm³/mol. The van der Waals surface area contributed by atoms with Crippen LogP contribution in [0.3, 0.4) is 0 Å².